The van der Waals surface area contributed by atoms with Crippen molar-refractivity contribution in [1.29, 1.82) is 0 Å². The minimum atomic E-state index is -3.80. The molecule has 0 N–H and O–H groups in total. The second kappa shape index (κ2) is 10.4. The Morgan fingerprint density at radius 2 is 1.79 bits per heavy atom. The molecule has 0 spiro atoms. The Morgan fingerprint density at radius 3 is 2.53 bits per heavy atom. The van der Waals surface area contributed by atoms with Crippen LogP contribution >= 0.6 is 11.3 Å². The number of carbonyl (C=O) groups is 1. The Hall–Kier alpha value is -3.41. The molecule has 0 unspecified atom stereocenters. The second-order valence-corrected chi connectivity index (χ2v) is 12.2. The Labute approximate surface area is 224 Å². The van der Waals surface area contributed by atoms with Crippen molar-refractivity contribution >= 4 is 48.3 Å². The summed E-state index contributed by atoms with van der Waals surface area (Å²) in [6.07, 6.45) is 1.26. The lowest BCUT2D eigenvalue weighted by atomic mass is 10.2. The molecule has 7 nitrogen and oxygen atoms in total. The maximum Gasteiger partial charge on any atom is 0.264 e. The maximum absolute atomic E-state index is 14.3. The highest BCUT2D eigenvalue weighted by Gasteiger charge is 2.31. The first-order valence-corrected chi connectivity index (χ1v) is 14.3. The summed E-state index contributed by atoms with van der Waals surface area (Å²) in [6, 6.07) is 15.2. The number of aromatic nitrogens is 1. The lowest BCUT2D eigenvalue weighted by Crippen LogP contribution is -2.33. The number of thiazole rings is 1. The van der Waals surface area contributed by atoms with Gasteiger partial charge in [0.05, 0.1) is 15.3 Å². The lowest BCUT2D eigenvalue weighted by molar-refractivity contribution is 0.0986. The molecule has 11 heteroatoms. The molecule has 198 valence electrons. The molecule has 0 radical (unpaired) electrons. The van der Waals surface area contributed by atoms with E-state index in [0.29, 0.717) is 42.9 Å². The van der Waals surface area contributed by atoms with Crippen molar-refractivity contribution in [3.63, 3.8) is 0 Å². The van der Waals surface area contributed by atoms with Crippen molar-refractivity contribution in [3.05, 3.63) is 83.4 Å². The summed E-state index contributed by atoms with van der Waals surface area (Å²) in [7, 11) is 0.0318. The molecular weight excluding hydrogens is 530 g/mol. The number of benzene rings is 3. The van der Waals surface area contributed by atoms with E-state index in [2.05, 4.69) is 4.98 Å². The monoisotopic (exact) mass is 556 g/mol. The van der Waals surface area contributed by atoms with Gasteiger partial charge in [-0.2, -0.15) is 0 Å². The van der Waals surface area contributed by atoms with Gasteiger partial charge in [-0.05, 0) is 75.4 Å². The number of carbonyl (C=O) groups excluding carboxylic acids is 1. The number of anilines is 2. The van der Waals surface area contributed by atoms with E-state index in [1.54, 1.807) is 6.07 Å². The van der Waals surface area contributed by atoms with Gasteiger partial charge in [0.1, 0.15) is 11.3 Å². The smallest absolute Gasteiger partial charge is 0.264 e. The van der Waals surface area contributed by atoms with E-state index in [1.807, 2.05) is 37.2 Å². The fraction of sp³-hybridized carbons (Fsp3) is 0.259. The summed E-state index contributed by atoms with van der Waals surface area (Å²) in [5.41, 5.74) is 1.91. The largest absolute Gasteiger partial charge is 0.309 e. The number of amides is 1. The van der Waals surface area contributed by atoms with Crippen LogP contribution in [0.1, 0.15) is 22.3 Å². The van der Waals surface area contributed by atoms with Crippen molar-refractivity contribution < 1.29 is 22.0 Å². The predicted molar refractivity (Wildman–Crippen MR) is 146 cm³/mol. The zero-order valence-electron chi connectivity index (χ0n) is 20.9. The number of sulfonamides is 1. The van der Waals surface area contributed by atoms with Gasteiger partial charge in [-0.3, -0.25) is 14.0 Å². The third kappa shape index (κ3) is 5.01. The summed E-state index contributed by atoms with van der Waals surface area (Å²) >= 11 is 1.03. The van der Waals surface area contributed by atoms with Gasteiger partial charge in [0, 0.05) is 24.7 Å². The number of rotatable bonds is 8. The molecule has 38 heavy (non-hydrogen) atoms. The van der Waals surface area contributed by atoms with Gasteiger partial charge in [0.15, 0.2) is 10.9 Å². The molecule has 1 aliphatic rings. The predicted octanol–water partition coefficient (Wildman–Crippen LogP) is 4.92. The molecule has 0 fully saturated rings. The van der Waals surface area contributed by atoms with Crippen molar-refractivity contribution in [2.45, 2.75) is 17.7 Å². The Morgan fingerprint density at radius 1 is 1.05 bits per heavy atom. The molecule has 0 saturated heterocycles. The van der Waals surface area contributed by atoms with Crippen LogP contribution in [0.25, 0.3) is 10.2 Å². The van der Waals surface area contributed by atoms with Crippen LogP contribution in [0.3, 0.4) is 0 Å². The molecule has 0 aliphatic carbocycles. The molecule has 5 rings (SSSR count). The molecule has 4 aromatic rings. The minimum Gasteiger partial charge on any atom is -0.309 e. The van der Waals surface area contributed by atoms with Gasteiger partial charge in [0.25, 0.3) is 15.9 Å². The van der Waals surface area contributed by atoms with Crippen molar-refractivity contribution in [2.24, 2.45) is 0 Å². The first-order valence-electron chi connectivity index (χ1n) is 12.1. The van der Waals surface area contributed by atoms with E-state index < -0.39 is 27.6 Å². The molecule has 0 bridgehead atoms. The minimum absolute atomic E-state index is 0.00384. The van der Waals surface area contributed by atoms with E-state index >= 15 is 0 Å². The third-order valence-corrected chi connectivity index (χ3v) is 9.25. The van der Waals surface area contributed by atoms with E-state index in [0.717, 1.165) is 23.0 Å². The fourth-order valence-corrected chi connectivity index (χ4v) is 7.03. The Kier molecular flexibility index (Phi) is 7.17. The van der Waals surface area contributed by atoms with Gasteiger partial charge < -0.3 is 4.90 Å². The Balaban J connectivity index is 1.44. The van der Waals surface area contributed by atoms with Crippen LogP contribution in [0.2, 0.25) is 0 Å². The average molecular weight is 557 g/mol. The van der Waals surface area contributed by atoms with Gasteiger partial charge in [-0.15, -0.1) is 0 Å². The Bertz CT molecular complexity index is 1600. The van der Waals surface area contributed by atoms with Gasteiger partial charge in [-0.25, -0.2) is 22.2 Å². The van der Waals surface area contributed by atoms with Crippen LogP contribution in [-0.2, 0) is 16.4 Å². The molecule has 1 aliphatic heterocycles. The molecule has 3 aromatic carbocycles. The number of hydrogen-bond donors (Lipinski definition) is 0. The summed E-state index contributed by atoms with van der Waals surface area (Å²) in [4.78, 5) is 21.4. The lowest BCUT2D eigenvalue weighted by Gasteiger charge is -2.22. The number of halogens is 2. The first-order chi connectivity index (χ1) is 18.1. The zero-order valence-corrected chi connectivity index (χ0v) is 22.5. The van der Waals surface area contributed by atoms with Crippen molar-refractivity contribution in [1.82, 2.24) is 9.88 Å². The standard InChI is InChI=1S/C27H26F2N4O3S2/c1-31(2)13-5-14-32(27-30-25-22(29)16-20(28)17-24(25)37-27)26(34)19-8-10-21(11-9-19)38(35,36)33-15-12-18-6-3-4-7-23(18)33/h3-4,6-11,16-17H,5,12-15H2,1-2H3. The number of hydrogen-bond acceptors (Lipinski definition) is 6. The first kappa shape index (κ1) is 26.2. The van der Waals surface area contributed by atoms with Gasteiger partial charge in [0.2, 0.25) is 0 Å². The van der Waals surface area contributed by atoms with Crippen LogP contribution in [0.5, 0.6) is 0 Å². The SMILES string of the molecule is CN(C)CCCN(C(=O)c1ccc(S(=O)(=O)N2CCc3ccccc32)cc1)c1nc2c(F)cc(F)cc2s1. The van der Waals surface area contributed by atoms with Crippen molar-refractivity contribution in [2.75, 3.05) is 42.9 Å². The normalized spacial score (nSPS) is 13.3. The number of fused-ring (bicyclic) bond motifs is 2. The van der Waals surface area contributed by atoms with Crippen LogP contribution in [0.15, 0.2) is 65.6 Å². The van der Waals surface area contributed by atoms with Crippen LogP contribution < -0.4 is 9.21 Å². The van der Waals surface area contributed by atoms with Crippen LogP contribution in [0.4, 0.5) is 19.6 Å². The molecule has 0 atom stereocenters. The van der Waals surface area contributed by atoms with Crippen molar-refractivity contribution in [3.8, 4) is 0 Å². The van der Waals surface area contributed by atoms with E-state index in [-0.39, 0.29) is 21.1 Å². The third-order valence-electron chi connectivity index (χ3n) is 6.40. The molecule has 0 saturated carbocycles. The summed E-state index contributed by atoms with van der Waals surface area (Å²) < 4.78 is 56.5. The van der Waals surface area contributed by atoms with Crippen LogP contribution in [0, 0.1) is 11.6 Å². The molecular formula is C27H26F2N4O3S2. The highest BCUT2D eigenvalue weighted by molar-refractivity contribution is 7.92. The highest BCUT2D eigenvalue weighted by Crippen LogP contribution is 2.34. The van der Waals surface area contributed by atoms with E-state index in [1.165, 1.54) is 39.5 Å². The molecule has 1 aromatic heterocycles. The van der Waals surface area contributed by atoms with E-state index in [9.17, 15) is 22.0 Å². The average Bonchev–Trinajstić information content (AvgIpc) is 3.51. The number of nitrogens with zero attached hydrogens (tertiary/aromatic N) is 4. The summed E-state index contributed by atoms with van der Waals surface area (Å²) in [5.74, 6) is -1.91. The van der Waals surface area contributed by atoms with Gasteiger partial charge >= 0.3 is 0 Å². The molecule has 1 amide bonds. The highest BCUT2D eigenvalue weighted by atomic mass is 32.2. The zero-order chi connectivity index (χ0) is 27.0. The van der Waals surface area contributed by atoms with E-state index in [4.69, 9.17) is 0 Å². The van der Waals surface area contributed by atoms with Gasteiger partial charge in [-0.1, -0.05) is 29.5 Å². The fourth-order valence-electron chi connectivity index (χ4n) is 4.50. The van der Waals surface area contributed by atoms with Crippen LogP contribution in [-0.4, -0.2) is 57.9 Å². The maximum atomic E-state index is 14.3. The quantitative estimate of drug-likeness (QED) is 0.308. The number of para-hydroxylation sites is 1. The summed E-state index contributed by atoms with van der Waals surface area (Å²) in [5, 5.41) is 0.249. The molecule has 2 heterocycles. The summed E-state index contributed by atoms with van der Waals surface area (Å²) in [6.45, 7) is 1.36. The second-order valence-electron chi connectivity index (χ2n) is 9.32. The topological polar surface area (TPSA) is 73.8 Å².